The number of benzene rings is 2. The van der Waals surface area contributed by atoms with Crippen LogP contribution < -0.4 is 5.32 Å². The fraction of sp³-hybridized carbons (Fsp3) is 0.333. The summed E-state index contributed by atoms with van der Waals surface area (Å²) in [5.74, 6) is 0.186. The second-order valence-electron chi connectivity index (χ2n) is 5.43. The van der Waals surface area contributed by atoms with Gasteiger partial charge in [-0.15, -0.1) is 0 Å². The second kappa shape index (κ2) is 6.67. The average Bonchev–Trinajstić information content (AvgIpc) is 2.43. The summed E-state index contributed by atoms with van der Waals surface area (Å²) in [4.78, 5) is 0. The van der Waals surface area contributed by atoms with Crippen LogP contribution in [0.2, 0.25) is 0 Å². The monoisotopic (exact) mass is 271 g/mol. The van der Waals surface area contributed by atoms with Crippen LogP contribution >= 0.6 is 0 Å². The Morgan fingerprint density at radius 1 is 1.00 bits per heavy atom. The average molecular weight is 271 g/mol. The van der Waals surface area contributed by atoms with Crippen molar-refractivity contribution in [2.24, 2.45) is 0 Å². The van der Waals surface area contributed by atoms with Crippen molar-refractivity contribution in [3.8, 4) is 0 Å². The first-order valence-corrected chi connectivity index (χ1v) is 7.06. The molecule has 0 spiro atoms. The number of likely N-dealkylation sites (N-methyl/N-ethyl adjacent to an activating group) is 1. The molecule has 106 valence electrons. The molecule has 1 N–H and O–H groups in total. The molecule has 0 aromatic heterocycles. The van der Waals surface area contributed by atoms with E-state index in [1.165, 1.54) is 22.3 Å². The predicted molar refractivity (Wildman–Crippen MR) is 82.7 cm³/mol. The predicted octanol–water partition coefficient (Wildman–Crippen LogP) is 3.99. The van der Waals surface area contributed by atoms with Crippen molar-refractivity contribution in [2.75, 3.05) is 13.6 Å². The maximum Gasteiger partial charge on any atom is 0.123 e. The molecule has 2 aromatic carbocycles. The van der Waals surface area contributed by atoms with E-state index in [-0.39, 0.29) is 5.82 Å². The molecule has 1 unspecified atom stereocenters. The molecule has 2 rings (SSSR count). The Hall–Kier alpha value is -1.67. The summed E-state index contributed by atoms with van der Waals surface area (Å²) in [6.07, 6.45) is 0.966. The molecule has 0 amide bonds. The molecule has 0 fully saturated rings. The van der Waals surface area contributed by atoms with Crippen molar-refractivity contribution in [3.05, 3.63) is 70.5 Å². The molecule has 0 aliphatic heterocycles. The number of nitrogens with one attached hydrogen (secondary N) is 1. The van der Waals surface area contributed by atoms with E-state index < -0.39 is 0 Å². The van der Waals surface area contributed by atoms with E-state index in [0.717, 1.165) is 13.0 Å². The zero-order valence-electron chi connectivity index (χ0n) is 12.4. The zero-order chi connectivity index (χ0) is 14.5. The highest BCUT2D eigenvalue weighted by Crippen LogP contribution is 2.22. The highest BCUT2D eigenvalue weighted by Gasteiger charge is 2.12. The van der Waals surface area contributed by atoms with Gasteiger partial charge in [-0.3, -0.25) is 0 Å². The van der Waals surface area contributed by atoms with Gasteiger partial charge in [-0.2, -0.15) is 0 Å². The van der Waals surface area contributed by atoms with Crippen LogP contribution in [0, 0.1) is 19.7 Å². The lowest BCUT2D eigenvalue weighted by Crippen LogP contribution is -2.19. The van der Waals surface area contributed by atoms with Gasteiger partial charge in [-0.1, -0.05) is 30.3 Å². The van der Waals surface area contributed by atoms with Crippen molar-refractivity contribution in [3.63, 3.8) is 0 Å². The summed E-state index contributed by atoms with van der Waals surface area (Å²) >= 11 is 0. The lowest BCUT2D eigenvalue weighted by atomic mass is 9.91. The lowest BCUT2D eigenvalue weighted by molar-refractivity contribution is 0.611. The van der Waals surface area contributed by atoms with Crippen molar-refractivity contribution >= 4 is 0 Å². The van der Waals surface area contributed by atoms with Crippen LogP contribution in [-0.4, -0.2) is 13.6 Å². The summed E-state index contributed by atoms with van der Waals surface area (Å²) in [6, 6.07) is 13.5. The molecule has 0 radical (unpaired) electrons. The summed E-state index contributed by atoms with van der Waals surface area (Å²) in [6.45, 7) is 5.16. The summed E-state index contributed by atoms with van der Waals surface area (Å²) in [7, 11) is 1.96. The zero-order valence-corrected chi connectivity index (χ0v) is 12.4. The van der Waals surface area contributed by atoms with Crippen molar-refractivity contribution in [2.45, 2.75) is 26.2 Å². The number of hydrogen-bond acceptors (Lipinski definition) is 1. The molecule has 2 heteroatoms. The van der Waals surface area contributed by atoms with E-state index >= 15 is 0 Å². The normalized spacial score (nSPS) is 12.4. The van der Waals surface area contributed by atoms with Gasteiger partial charge in [0.05, 0.1) is 0 Å². The fourth-order valence-corrected chi connectivity index (χ4v) is 2.50. The van der Waals surface area contributed by atoms with Gasteiger partial charge in [0.15, 0.2) is 0 Å². The van der Waals surface area contributed by atoms with Crippen LogP contribution in [0.4, 0.5) is 4.39 Å². The minimum Gasteiger partial charge on any atom is -0.319 e. The van der Waals surface area contributed by atoms with Gasteiger partial charge in [0.1, 0.15) is 5.82 Å². The molecular formula is C18H22FN. The molecule has 0 aliphatic carbocycles. The van der Waals surface area contributed by atoms with Crippen LogP contribution in [-0.2, 0) is 6.42 Å². The van der Waals surface area contributed by atoms with Gasteiger partial charge < -0.3 is 5.32 Å². The summed E-state index contributed by atoms with van der Waals surface area (Å²) in [5, 5.41) is 3.23. The highest BCUT2D eigenvalue weighted by molar-refractivity contribution is 5.32. The molecule has 0 heterocycles. The second-order valence-corrected chi connectivity index (χ2v) is 5.43. The minimum atomic E-state index is -0.178. The SMILES string of the molecule is CNCC(Cc1ccc(C)c(C)c1)c1ccc(F)cc1. The topological polar surface area (TPSA) is 12.0 Å². The molecular weight excluding hydrogens is 249 g/mol. The molecule has 0 saturated heterocycles. The first-order chi connectivity index (χ1) is 9.60. The van der Waals surface area contributed by atoms with Gasteiger partial charge in [0.2, 0.25) is 0 Å². The van der Waals surface area contributed by atoms with E-state index in [2.05, 4.69) is 37.4 Å². The summed E-state index contributed by atoms with van der Waals surface area (Å²) in [5.41, 5.74) is 5.15. The molecule has 20 heavy (non-hydrogen) atoms. The van der Waals surface area contributed by atoms with Crippen LogP contribution in [0.3, 0.4) is 0 Å². The standard InChI is InChI=1S/C18H22FN/c1-13-4-5-15(10-14(13)2)11-17(12-20-3)16-6-8-18(19)9-7-16/h4-10,17,20H,11-12H2,1-3H3. The molecule has 1 nitrogen and oxygen atoms in total. The maximum atomic E-state index is 13.0. The third kappa shape index (κ3) is 3.67. The van der Waals surface area contributed by atoms with E-state index in [0.29, 0.717) is 5.92 Å². The van der Waals surface area contributed by atoms with Crippen LogP contribution in [0.25, 0.3) is 0 Å². The largest absolute Gasteiger partial charge is 0.319 e. The van der Waals surface area contributed by atoms with Gasteiger partial charge in [-0.05, 0) is 61.7 Å². The van der Waals surface area contributed by atoms with Crippen LogP contribution in [0.5, 0.6) is 0 Å². The van der Waals surface area contributed by atoms with Crippen molar-refractivity contribution < 1.29 is 4.39 Å². The Kier molecular flexibility index (Phi) is 4.91. The number of rotatable bonds is 5. The number of halogens is 1. The quantitative estimate of drug-likeness (QED) is 0.867. The van der Waals surface area contributed by atoms with E-state index in [1.54, 1.807) is 12.1 Å². The molecule has 2 aromatic rings. The number of aryl methyl sites for hydroxylation is 2. The van der Waals surface area contributed by atoms with Crippen molar-refractivity contribution in [1.82, 2.24) is 5.32 Å². The maximum absolute atomic E-state index is 13.0. The molecule has 1 atom stereocenters. The Morgan fingerprint density at radius 2 is 1.70 bits per heavy atom. The molecule has 0 bridgehead atoms. The first kappa shape index (κ1) is 14.7. The van der Waals surface area contributed by atoms with E-state index in [9.17, 15) is 4.39 Å². The Bertz CT molecular complexity index is 560. The van der Waals surface area contributed by atoms with E-state index in [4.69, 9.17) is 0 Å². The molecule has 0 aliphatic rings. The highest BCUT2D eigenvalue weighted by atomic mass is 19.1. The van der Waals surface area contributed by atoms with Gasteiger partial charge >= 0.3 is 0 Å². The van der Waals surface area contributed by atoms with Gasteiger partial charge in [0.25, 0.3) is 0 Å². The lowest BCUT2D eigenvalue weighted by Gasteiger charge is -2.18. The molecule has 0 saturated carbocycles. The van der Waals surface area contributed by atoms with Crippen LogP contribution in [0.15, 0.2) is 42.5 Å². The first-order valence-electron chi connectivity index (χ1n) is 7.06. The van der Waals surface area contributed by atoms with E-state index in [1.807, 2.05) is 19.2 Å². The smallest absolute Gasteiger partial charge is 0.123 e. The Morgan fingerprint density at radius 3 is 2.30 bits per heavy atom. The fourth-order valence-electron chi connectivity index (χ4n) is 2.50. The number of hydrogen-bond donors (Lipinski definition) is 1. The van der Waals surface area contributed by atoms with Gasteiger partial charge in [0, 0.05) is 12.5 Å². The Labute approximate surface area is 120 Å². The van der Waals surface area contributed by atoms with Gasteiger partial charge in [-0.25, -0.2) is 4.39 Å². The van der Waals surface area contributed by atoms with Crippen molar-refractivity contribution in [1.29, 1.82) is 0 Å². The minimum absolute atomic E-state index is 0.178. The Balaban J connectivity index is 2.20. The van der Waals surface area contributed by atoms with Crippen LogP contribution in [0.1, 0.15) is 28.2 Å². The third-order valence-electron chi connectivity index (χ3n) is 3.85. The summed E-state index contributed by atoms with van der Waals surface area (Å²) < 4.78 is 13.0. The third-order valence-corrected chi connectivity index (χ3v) is 3.85.